The first-order chi connectivity index (χ1) is 6.65. The van der Waals surface area contributed by atoms with E-state index in [1.807, 2.05) is 24.3 Å². The number of nitrogens with two attached hydrogens (primary N) is 2. The van der Waals surface area contributed by atoms with Gasteiger partial charge in [0.1, 0.15) is 6.04 Å². The van der Waals surface area contributed by atoms with E-state index in [0.29, 0.717) is 0 Å². The summed E-state index contributed by atoms with van der Waals surface area (Å²) >= 11 is 1.75. The Bertz CT molecular complexity index is 310. The molecule has 0 aliphatic carbocycles. The molecular formula is C10H14N2OS. The van der Waals surface area contributed by atoms with Crippen molar-refractivity contribution in [3.05, 3.63) is 29.8 Å². The first kappa shape index (κ1) is 11.1. The number of amides is 1. The van der Waals surface area contributed by atoms with Gasteiger partial charge < -0.3 is 11.5 Å². The molecule has 0 spiro atoms. The summed E-state index contributed by atoms with van der Waals surface area (Å²) in [5.74, 6) is 0.530. The van der Waals surface area contributed by atoms with Crippen molar-refractivity contribution in [3.8, 4) is 0 Å². The number of hydrogen-bond acceptors (Lipinski definition) is 3. The summed E-state index contributed by atoms with van der Waals surface area (Å²) in [7, 11) is 0. The summed E-state index contributed by atoms with van der Waals surface area (Å²) in [6.07, 6.45) is 0. The molecule has 76 valence electrons. The van der Waals surface area contributed by atoms with Crippen LogP contribution in [-0.4, -0.2) is 11.7 Å². The first-order valence-corrected chi connectivity index (χ1v) is 5.41. The highest BCUT2D eigenvalue weighted by Crippen LogP contribution is 2.19. The van der Waals surface area contributed by atoms with Crippen molar-refractivity contribution in [3.63, 3.8) is 0 Å². The highest BCUT2D eigenvalue weighted by Gasteiger charge is 2.11. The molecular weight excluding hydrogens is 196 g/mol. The second kappa shape index (κ2) is 5.02. The Morgan fingerprint density at radius 3 is 2.43 bits per heavy atom. The van der Waals surface area contributed by atoms with Crippen molar-refractivity contribution >= 4 is 17.7 Å². The predicted octanol–water partition coefficient (Wildman–Crippen LogP) is 1.28. The zero-order valence-corrected chi connectivity index (χ0v) is 8.88. The van der Waals surface area contributed by atoms with Crippen molar-refractivity contribution < 1.29 is 4.79 Å². The molecule has 1 atom stereocenters. The Balaban J connectivity index is 2.77. The Morgan fingerprint density at radius 1 is 1.43 bits per heavy atom. The summed E-state index contributed by atoms with van der Waals surface area (Å²) in [5, 5.41) is 0. The van der Waals surface area contributed by atoms with Gasteiger partial charge in [0.25, 0.3) is 0 Å². The minimum atomic E-state index is -0.698. The third kappa shape index (κ3) is 2.75. The molecule has 0 aromatic heterocycles. The van der Waals surface area contributed by atoms with Crippen LogP contribution in [0.5, 0.6) is 0 Å². The quantitative estimate of drug-likeness (QED) is 0.736. The van der Waals surface area contributed by atoms with Gasteiger partial charge in [-0.05, 0) is 23.4 Å². The fourth-order valence-electron chi connectivity index (χ4n) is 1.10. The molecule has 0 aliphatic heterocycles. The van der Waals surface area contributed by atoms with Crippen LogP contribution >= 0.6 is 11.8 Å². The molecule has 0 bridgehead atoms. The van der Waals surface area contributed by atoms with E-state index < -0.39 is 11.9 Å². The molecule has 4 heteroatoms. The van der Waals surface area contributed by atoms with Gasteiger partial charge in [-0.15, -0.1) is 11.8 Å². The lowest BCUT2D eigenvalue weighted by molar-refractivity contribution is -0.119. The van der Waals surface area contributed by atoms with Crippen LogP contribution in [0, 0.1) is 0 Å². The molecule has 1 aromatic rings. The van der Waals surface area contributed by atoms with E-state index in [-0.39, 0.29) is 0 Å². The fraction of sp³-hybridized carbons (Fsp3) is 0.300. The molecule has 0 aliphatic rings. The molecule has 1 rings (SSSR count). The van der Waals surface area contributed by atoms with E-state index in [9.17, 15) is 4.79 Å². The molecule has 1 unspecified atom stereocenters. The average molecular weight is 210 g/mol. The van der Waals surface area contributed by atoms with Crippen LogP contribution < -0.4 is 11.5 Å². The van der Waals surface area contributed by atoms with Crippen LogP contribution in [-0.2, 0) is 4.79 Å². The summed E-state index contributed by atoms with van der Waals surface area (Å²) in [4.78, 5) is 12.0. The third-order valence-electron chi connectivity index (χ3n) is 1.86. The zero-order valence-electron chi connectivity index (χ0n) is 8.07. The number of hydrogen-bond donors (Lipinski definition) is 2. The summed E-state index contributed by atoms with van der Waals surface area (Å²) in [5.41, 5.74) is 11.4. The average Bonchev–Trinajstić information content (AvgIpc) is 2.18. The van der Waals surface area contributed by atoms with Crippen LogP contribution in [0.2, 0.25) is 0 Å². The van der Waals surface area contributed by atoms with Gasteiger partial charge in [0, 0.05) is 4.90 Å². The number of thioether (sulfide) groups is 1. The Kier molecular flexibility index (Phi) is 3.98. The van der Waals surface area contributed by atoms with Gasteiger partial charge in [0.15, 0.2) is 0 Å². The van der Waals surface area contributed by atoms with E-state index in [1.54, 1.807) is 11.8 Å². The first-order valence-electron chi connectivity index (χ1n) is 4.42. The Hall–Kier alpha value is -1.00. The van der Waals surface area contributed by atoms with E-state index in [4.69, 9.17) is 11.5 Å². The molecule has 1 aromatic carbocycles. The molecule has 0 heterocycles. The standard InChI is InChI=1S/C10H14N2OS/c1-2-14-8-5-3-7(4-6-8)9(11)10(12)13/h3-6,9H,2,11H2,1H3,(H2,12,13). The topological polar surface area (TPSA) is 69.1 Å². The smallest absolute Gasteiger partial charge is 0.238 e. The largest absolute Gasteiger partial charge is 0.368 e. The van der Waals surface area contributed by atoms with Crippen LogP contribution in [0.4, 0.5) is 0 Å². The lowest BCUT2D eigenvalue weighted by Gasteiger charge is -2.07. The second-order valence-electron chi connectivity index (χ2n) is 2.88. The van der Waals surface area contributed by atoms with Gasteiger partial charge in [-0.2, -0.15) is 0 Å². The maximum atomic E-state index is 10.8. The van der Waals surface area contributed by atoms with E-state index in [2.05, 4.69) is 6.92 Å². The molecule has 0 fully saturated rings. The van der Waals surface area contributed by atoms with Crippen molar-refractivity contribution in [1.82, 2.24) is 0 Å². The number of rotatable bonds is 4. The summed E-state index contributed by atoms with van der Waals surface area (Å²) in [6.45, 7) is 2.09. The lowest BCUT2D eigenvalue weighted by atomic mass is 10.1. The fourth-order valence-corrected chi connectivity index (χ4v) is 1.76. The molecule has 4 N–H and O–H groups in total. The van der Waals surface area contributed by atoms with Gasteiger partial charge >= 0.3 is 0 Å². The van der Waals surface area contributed by atoms with Gasteiger partial charge in [-0.3, -0.25) is 4.79 Å². The minimum absolute atomic E-state index is 0.499. The van der Waals surface area contributed by atoms with Gasteiger partial charge in [0.05, 0.1) is 0 Å². The molecule has 0 saturated carbocycles. The number of carbonyl (C=O) groups excluding carboxylic acids is 1. The maximum absolute atomic E-state index is 10.8. The molecule has 1 amide bonds. The SMILES string of the molecule is CCSc1ccc(C(N)C(N)=O)cc1. The van der Waals surface area contributed by atoms with Crippen molar-refractivity contribution in [1.29, 1.82) is 0 Å². The molecule has 0 saturated heterocycles. The van der Waals surface area contributed by atoms with Crippen molar-refractivity contribution in [2.75, 3.05) is 5.75 Å². The predicted molar refractivity (Wildman–Crippen MR) is 59.0 cm³/mol. The zero-order chi connectivity index (χ0) is 10.6. The minimum Gasteiger partial charge on any atom is -0.368 e. The molecule has 0 radical (unpaired) electrons. The highest BCUT2D eigenvalue weighted by atomic mass is 32.2. The lowest BCUT2D eigenvalue weighted by Crippen LogP contribution is -2.28. The summed E-state index contributed by atoms with van der Waals surface area (Å²) in [6, 6.07) is 6.88. The summed E-state index contributed by atoms with van der Waals surface area (Å²) < 4.78 is 0. The highest BCUT2D eigenvalue weighted by molar-refractivity contribution is 7.99. The number of primary amides is 1. The Morgan fingerprint density at radius 2 is 2.00 bits per heavy atom. The van der Waals surface area contributed by atoms with Crippen molar-refractivity contribution in [2.45, 2.75) is 17.9 Å². The van der Waals surface area contributed by atoms with E-state index in [1.165, 1.54) is 4.90 Å². The Labute approximate surface area is 87.9 Å². The maximum Gasteiger partial charge on any atom is 0.238 e. The number of carbonyl (C=O) groups is 1. The monoisotopic (exact) mass is 210 g/mol. The van der Waals surface area contributed by atoms with Gasteiger partial charge in [-0.1, -0.05) is 19.1 Å². The van der Waals surface area contributed by atoms with Crippen molar-refractivity contribution in [2.24, 2.45) is 11.5 Å². The number of benzene rings is 1. The van der Waals surface area contributed by atoms with Crippen LogP contribution in [0.15, 0.2) is 29.2 Å². The molecule has 3 nitrogen and oxygen atoms in total. The van der Waals surface area contributed by atoms with E-state index >= 15 is 0 Å². The third-order valence-corrected chi connectivity index (χ3v) is 2.75. The van der Waals surface area contributed by atoms with E-state index in [0.717, 1.165) is 11.3 Å². The van der Waals surface area contributed by atoms with Crippen LogP contribution in [0.1, 0.15) is 18.5 Å². The van der Waals surface area contributed by atoms with Crippen LogP contribution in [0.3, 0.4) is 0 Å². The normalized spacial score (nSPS) is 12.4. The van der Waals surface area contributed by atoms with Crippen LogP contribution in [0.25, 0.3) is 0 Å². The molecule has 14 heavy (non-hydrogen) atoms. The second-order valence-corrected chi connectivity index (χ2v) is 4.22. The van der Waals surface area contributed by atoms with Gasteiger partial charge in [-0.25, -0.2) is 0 Å². The van der Waals surface area contributed by atoms with Gasteiger partial charge in [0.2, 0.25) is 5.91 Å².